The number of amides is 1. The van der Waals surface area contributed by atoms with Gasteiger partial charge in [-0.15, -0.1) is 0 Å². The van der Waals surface area contributed by atoms with Crippen molar-refractivity contribution in [3.63, 3.8) is 0 Å². The number of ether oxygens (including phenoxy) is 1. The predicted molar refractivity (Wildman–Crippen MR) is 80.8 cm³/mol. The zero-order valence-electron chi connectivity index (χ0n) is 11.4. The molecule has 20 heavy (non-hydrogen) atoms. The minimum absolute atomic E-state index is 0.149. The molecule has 1 aliphatic heterocycles. The highest BCUT2D eigenvalue weighted by molar-refractivity contribution is 9.10. The maximum atomic E-state index is 11.6. The Bertz CT molecular complexity index is 515. The monoisotopic (exact) mass is 338 g/mol. The Balaban J connectivity index is 1.47. The topological polar surface area (TPSA) is 50.4 Å². The lowest BCUT2D eigenvalue weighted by Crippen LogP contribution is -2.29. The summed E-state index contributed by atoms with van der Waals surface area (Å²) in [6, 6.07) is 4.65. The van der Waals surface area contributed by atoms with Gasteiger partial charge in [0.15, 0.2) is 0 Å². The maximum Gasteiger partial charge on any atom is 0.221 e. The molecular formula is C15H19BrN2O2. The second kappa shape index (κ2) is 6.14. The number of rotatable bonds is 6. The summed E-state index contributed by atoms with van der Waals surface area (Å²) in [4.78, 5) is 11.6. The fourth-order valence-corrected chi connectivity index (χ4v) is 2.98. The summed E-state index contributed by atoms with van der Waals surface area (Å²) in [7, 11) is 0. The van der Waals surface area contributed by atoms with Crippen molar-refractivity contribution in [1.82, 2.24) is 10.6 Å². The number of hydrogen-bond acceptors (Lipinski definition) is 3. The first-order valence-corrected chi connectivity index (χ1v) is 7.96. The van der Waals surface area contributed by atoms with Crippen LogP contribution in [-0.2, 0) is 17.8 Å². The first kappa shape index (κ1) is 13.9. The first-order chi connectivity index (χ1) is 9.72. The molecule has 108 valence electrons. The van der Waals surface area contributed by atoms with Crippen molar-refractivity contribution in [1.29, 1.82) is 0 Å². The van der Waals surface area contributed by atoms with E-state index in [9.17, 15) is 4.79 Å². The van der Waals surface area contributed by atoms with E-state index in [1.54, 1.807) is 0 Å². The van der Waals surface area contributed by atoms with E-state index < -0.39 is 0 Å². The van der Waals surface area contributed by atoms with Crippen molar-refractivity contribution >= 4 is 21.8 Å². The fraction of sp³-hybridized carbons (Fsp3) is 0.533. The number of nitrogens with one attached hydrogen (secondary N) is 2. The van der Waals surface area contributed by atoms with Crippen LogP contribution in [0.1, 0.15) is 30.4 Å². The predicted octanol–water partition coefficient (Wildman–Crippen LogP) is 2.14. The van der Waals surface area contributed by atoms with E-state index >= 15 is 0 Å². The van der Waals surface area contributed by atoms with Gasteiger partial charge in [-0.3, -0.25) is 4.79 Å². The summed E-state index contributed by atoms with van der Waals surface area (Å²) < 4.78 is 6.77. The molecule has 1 aromatic carbocycles. The second-order valence-electron chi connectivity index (χ2n) is 5.42. The lowest BCUT2D eigenvalue weighted by Gasteiger charge is -2.10. The zero-order valence-corrected chi connectivity index (χ0v) is 13.0. The number of fused-ring (bicyclic) bond motifs is 1. The Morgan fingerprint density at radius 3 is 3.05 bits per heavy atom. The normalized spacial score (nSPS) is 16.6. The Morgan fingerprint density at radius 1 is 1.40 bits per heavy atom. The molecule has 2 aliphatic rings. The van der Waals surface area contributed by atoms with E-state index in [4.69, 9.17) is 4.74 Å². The van der Waals surface area contributed by atoms with E-state index in [2.05, 4.69) is 38.7 Å². The summed E-state index contributed by atoms with van der Waals surface area (Å²) in [6.45, 7) is 2.20. The van der Waals surface area contributed by atoms with Gasteiger partial charge in [-0.1, -0.05) is 15.9 Å². The highest BCUT2D eigenvalue weighted by atomic mass is 79.9. The van der Waals surface area contributed by atoms with Crippen LogP contribution in [0.2, 0.25) is 0 Å². The van der Waals surface area contributed by atoms with E-state index in [-0.39, 0.29) is 5.91 Å². The molecule has 0 radical (unpaired) electrons. The molecule has 0 bridgehead atoms. The molecule has 1 heterocycles. The van der Waals surface area contributed by atoms with E-state index in [1.165, 1.54) is 5.56 Å². The standard InChI is InChI=1S/C15H19BrN2O2/c16-12-7-10-4-6-20-15(10)11(8-12)9-17-5-3-14(19)18-13-1-2-13/h7-8,13,17H,1-6,9H2,(H,18,19). The van der Waals surface area contributed by atoms with E-state index in [1.807, 2.05) is 0 Å². The number of carbonyl (C=O) groups excluding carboxylic acids is 1. The minimum Gasteiger partial charge on any atom is -0.493 e. The van der Waals surface area contributed by atoms with Crippen molar-refractivity contribution in [2.75, 3.05) is 13.2 Å². The summed E-state index contributed by atoms with van der Waals surface area (Å²) in [5.74, 6) is 1.17. The van der Waals surface area contributed by atoms with Gasteiger partial charge in [-0.25, -0.2) is 0 Å². The largest absolute Gasteiger partial charge is 0.493 e. The number of halogens is 1. The molecule has 1 amide bonds. The smallest absolute Gasteiger partial charge is 0.221 e. The van der Waals surface area contributed by atoms with E-state index in [0.29, 0.717) is 19.0 Å². The van der Waals surface area contributed by atoms with Crippen molar-refractivity contribution < 1.29 is 9.53 Å². The third-order valence-electron chi connectivity index (χ3n) is 3.61. The van der Waals surface area contributed by atoms with Gasteiger partial charge in [0.25, 0.3) is 0 Å². The van der Waals surface area contributed by atoms with E-state index in [0.717, 1.165) is 48.2 Å². The van der Waals surface area contributed by atoms with Crippen LogP contribution in [0.5, 0.6) is 5.75 Å². The minimum atomic E-state index is 0.149. The third kappa shape index (κ3) is 3.52. The van der Waals surface area contributed by atoms with Crippen LogP contribution in [0, 0.1) is 0 Å². The molecule has 1 saturated carbocycles. The molecule has 2 N–H and O–H groups in total. The molecule has 3 rings (SSSR count). The number of benzene rings is 1. The Kier molecular flexibility index (Phi) is 4.27. The van der Waals surface area contributed by atoms with Crippen molar-refractivity contribution in [2.45, 2.75) is 38.3 Å². The summed E-state index contributed by atoms with van der Waals surface area (Å²) in [5, 5.41) is 6.31. The molecule has 0 aromatic heterocycles. The van der Waals surface area contributed by atoms with Crippen LogP contribution < -0.4 is 15.4 Å². The van der Waals surface area contributed by atoms with Gasteiger partial charge < -0.3 is 15.4 Å². The van der Waals surface area contributed by atoms with Gasteiger partial charge in [0.1, 0.15) is 5.75 Å². The number of carbonyl (C=O) groups is 1. The average molecular weight is 339 g/mol. The molecule has 1 aliphatic carbocycles. The lowest BCUT2D eigenvalue weighted by molar-refractivity contribution is -0.121. The highest BCUT2D eigenvalue weighted by Gasteiger charge is 2.22. The molecular weight excluding hydrogens is 320 g/mol. The van der Waals surface area contributed by atoms with Crippen LogP contribution in [0.15, 0.2) is 16.6 Å². The molecule has 0 spiro atoms. The average Bonchev–Trinajstić information content (AvgIpc) is 3.09. The summed E-state index contributed by atoms with van der Waals surface area (Å²) >= 11 is 3.53. The Hall–Kier alpha value is -1.07. The summed E-state index contributed by atoms with van der Waals surface area (Å²) in [5.41, 5.74) is 2.43. The molecule has 0 unspecified atom stereocenters. The first-order valence-electron chi connectivity index (χ1n) is 7.16. The molecule has 1 aromatic rings. The van der Waals surface area contributed by atoms with Crippen molar-refractivity contribution in [3.8, 4) is 5.75 Å². The van der Waals surface area contributed by atoms with Crippen LogP contribution in [0.4, 0.5) is 0 Å². The molecule has 4 nitrogen and oxygen atoms in total. The molecule has 5 heteroatoms. The Morgan fingerprint density at radius 2 is 2.25 bits per heavy atom. The van der Waals surface area contributed by atoms with Crippen molar-refractivity contribution in [3.05, 3.63) is 27.7 Å². The van der Waals surface area contributed by atoms with Gasteiger partial charge in [0.05, 0.1) is 6.61 Å². The van der Waals surface area contributed by atoms with Crippen LogP contribution >= 0.6 is 15.9 Å². The van der Waals surface area contributed by atoms with Crippen LogP contribution in [0.3, 0.4) is 0 Å². The van der Waals surface area contributed by atoms with Crippen LogP contribution in [-0.4, -0.2) is 25.1 Å². The van der Waals surface area contributed by atoms with Crippen LogP contribution in [0.25, 0.3) is 0 Å². The quantitative estimate of drug-likeness (QED) is 0.781. The Labute approximate surface area is 127 Å². The van der Waals surface area contributed by atoms with Crippen molar-refractivity contribution in [2.24, 2.45) is 0 Å². The van der Waals surface area contributed by atoms with Gasteiger partial charge >= 0.3 is 0 Å². The van der Waals surface area contributed by atoms with Gasteiger partial charge in [0.2, 0.25) is 5.91 Å². The van der Waals surface area contributed by atoms with Gasteiger partial charge in [-0.2, -0.15) is 0 Å². The molecule has 1 fully saturated rings. The zero-order chi connectivity index (χ0) is 13.9. The summed E-state index contributed by atoms with van der Waals surface area (Å²) in [6.07, 6.45) is 3.79. The number of hydrogen-bond donors (Lipinski definition) is 2. The third-order valence-corrected chi connectivity index (χ3v) is 4.07. The second-order valence-corrected chi connectivity index (χ2v) is 6.34. The highest BCUT2D eigenvalue weighted by Crippen LogP contribution is 2.32. The molecule has 0 saturated heterocycles. The van der Waals surface area contributed by atoms with Gasteiger partial charge in [-0.05, 0) is 30.5 Å². The molecule has 0 atom stereocenters. The SMILES string of the molecule is O=C(CCNCc1cc(Br)cc2c1OCC2)NC1CC1. The maximum absolute atomic E-state index is 11.6. The lowest BCUT2D eigenvalue weighted by atomic mass is 10.1. The fourth-order valence-electron chi connectivity index (χ4n) is 2.43. The van der Waals surface area contributed by atoms with Gasteiger partial charge in [0, 0.05) is 42.0 Å².